The minimum Gasteiger partial charge on any atom is -0.497 e. The molecule has 0 aliphatic carbocycles. The SMILES string of the molecule is COc1cccc(NC(=S)Nc2cnn(Cc3ccc(Cl)c(Cl)c3)c2)c1. The zero-order valence-electron chi connectivity index (χ0n) is 13.9. The van der Waals surface area contributed by atoms with Crippen molar-refractivity contribution in [3.8, 4) is 5.75 Å². The fourth-order valence-corrected chi connectivity index (χ4v) is 2.89. The maximum absolute atomic E-state index is 6.04. The van der Waals surface area contributed by atoms with Crippen LogP contribution in [0.3, 0.4) is 0 Å². The normalized spacial score (nSPS) is 10.4. The maximum atomic E-state index is 6.04. The van der Waals surface area contributed by atoms with E-state index in [2.05, 4.69) is 15.7 Å². The van der Waals surface area contributed by atoms with E-state index >= 15 is 0 Å². The highest BCUT2D eigenvalue weighted by Gasteiger charge is 2.05. The van der Waals surface area contributed by atoms with Gasteiger partial charge in [0.05, 0.1) is 35.6 Å². The number of anilines is 2. The first kappa shape index (κ1) is 18.5. The smallest absolute Gasteiger partial charge is 0.175 e. The van der Waals surface area contributed by atoms with Crippen LogP contribution in [0.25, 0.3) is 0 Å². The van der Waals surface area contributed by atoms with Crippen molar-refractivity contribution in [1.82, 2.24) is 9.78 Å². The van der Waals surface area contributed by atoms with Gasteiger partial charge >= 0.3 is 0 Å². The molecule has 0 unspecified atom stereocenters. The summed E-state index contributed by atoms with van der Waals surface area (Å²) in [5.41, 5.74) is 2.63. The minimum atomic E-state index is 0.465. The summed E-state index contributed by atoms with van der Waals surface area (Å²) in [4.78, 5) is 0. The van der Waals surface area contributed by atoms with Crippen LogP contribution in [0.4, 0.5) is 11.4 Å². The summed E-state index contributed by atoms with van der Waals surface area (Å²) < 4.78 is 6.98. The minimum absolute atomic E-state index is 0.465. The number of nitrogens with zero attached hydrogens (tertiary/aromatic N) is 2. The summed E-state index contributed by atoms with van der Waals surface area (Å²) in [6.45, 7) is 0.578. The molecular formula is C18H16Cl2N4OS. The summed E-state index contributed by atoms with van der Waals surface area (Å²) in [7, 11) is 1.62. The van der Waals surface area contributed by atoms with Gasteiger partial charge in [-0.05, 0) is 42.0 Å². The Morgan fingerprint density at radius 1 is 1.12 bits per heavy atom. The van der Waals surface area contributed by atoms with Gasteiger partial charge in [-0.25, -0.2) is 0 Å². The second-order valence-corrected chi connectivity index (χ2v) is 6.71. The van der Waals surface area contributed by atoms with E-state index in [1.165, 1.54) is 0 Å². The van der Waals surface area contributed by atoms with Crippen molar-refractivity contribution in [2.45, 2.75) is 6.54 Å². The van der Waals surface area contributed by atoms with Gasteiger partial charge in [0.15, 0.2) is 5.11 Å². The van der Waals surface area contributed by atoms with Gasteiger partial charge in [-0.15, -0.1) is 0 Å². The predicted octanol–water partition coefficient (Wildman–Crippen LogP) is 5.06. The van der Waals surface area contributed by atoms with Gasteiger partial charge in [-0.3, -0.25) is 4.68 Å². The molecule has 0 aliphatic rings. The molecule has 0 bridgehead atoms. The van der Waals surface area contributed by atoms with Crippen molar-refractivity contribution in [2.75, 3.05) is 17.7 Å². The fraction of sp³-hybridized carbons (Fsp3) is 0.111. The molecule has 1 aromatic heterocycles. The Hall–Kier alpha value is -2.28. The lowest BCUT2D eigenvalue weighted by atomic mass is 10.2. The number of aromatic nitrogens is 2. The van der Waals surface area contributed by atoms with E-state index < -0.39 is 0 Å². The van der Waals surface area contributed by atoms with Crippen LogP contribution in [0.5, 0.6) is 5.75 Å². The third kappa shape index (κ3) is 4.88. The van der Waals surface area contributed by atoms with Crippen molar-refractivity contribution in [1.29, 1.82) is 0 Å². The van der Waals surface area contributed by atoms with Gasteiger partial charge in [0.2, 0.25) is 0 Å². The summed E-state index contributed by atoms with van der Waals surface area (Å²) in [6.07, 6.45) is 3.57. The van der Waals surface area contributed by atoms with Crippen molar-refractivity contribution < 1.29 is 4.74 Å². The lowest BCUT2D eigenvalue weighted by Crippen LogP contribution is -2.18. The van der Waals surface area contributed by atoms with Crippen LogP contribution in [0.15, 0.2) is 54.9 Å². The molecule has 0 amide bonds. The molecule has 3 rings (SSSR count). The molecule has 5 nitrogen and oxygen atoms in total. The Morgan fingerprint density at radius 2 is 1.92 bits per heavy atom. The lowest BCUT2D eigenvalue weighted by molar-refractivity contribution is 0.415. The van der Waals surface area contributed by atoms with E-state index in [4.69, 9.17) is 40.2 Å². The second kappa shape index (κ2) is 8.40. The van der Waals surface area contributed by atoms with Crippen molar-refractivity contribution in [2.24, 2.45) is 0 Å². The highest BCUT2D eigenvalue weighted by molar-refractivity contribution is 7.80. The molecule has 0 spiro atoms. The first-order valence-corrected chi connectivity index (χ1v) is 8.88. The number of methoxy groups -OCH3 is 1. The zero-order valence-corrected chi connectivity index (χ0v) is 16.2. The highest BCUT2D eigenvalue weighted by atomic mass is 35.5. The second-order valence-electron chi connectivity index (χ2n) is 5.49. The van der Waals surface area contributed by atoms with E-state index in [9.17, 15) is 0 Å². The van der Waals surface area contributed by atoms with Crippen LogP contribution >= 0.6 is 35.4 Å². The maximum Gasteiger partial charge on any atom is 0.175 e. The number of hydrogen-bond donors (Lipinski definition) is 2. The predicted molar refractivity (Wildman–Crippen MR) is 111 cm³/mol. The molecular weight excluding hydrogens is 391 g/mol. The van der Waals surface area contributed by atoms with Crippen LogP contribution in [-0.2, 0) is 6.54 Å². The number of benzene rings is 2. The Kier molecular flexibility index (Phi) is 5.98. The first-order valence-electron chi connectivity index (χ1n) is 7.72. The third-order valence-corrected chi connectivity index (χ3v) is 4.49. The Bertz CT molecular complexity index is 929. The average Bonchev–Trinajstić information content (AvgIpc) is 3.05. The Labute approximate surface area is 166 Å². The molecule has 8 heteroatoms. The van der Waals surface area contributed by atoms with Gasteiger partial charge in [-0.1, -0.05) is 35.3 Å². The average molecular weight is 407 g/mol. The van der Waals surface area contributed by atoms with Gasteiger partial charge < -0.3 is 15.4 Å². The molecule has 2 aromatic carbocycles. The Morgan fingerprint density at radius 3 is 2.69 bits per heavy atom. The molecule has 2 N–H and O–H groups in total. The van der Waals surface area contributed by atoms with Gasteiger partial charge in [-0.2, -0.15) is 5.10 Å². The quantitative estimate of drug-likeness (QED) is 0.580. The summed E-state index contributed by atoms with van der Waals surface area (Å²) in [6, 6.07) is 13.0. The summed E-state index contributed by atoms with van der Waals surface area (Å²) in [5, 5.41) is 12.1. The first-order chi connectivity index (χ1) is 12.5. The molecule has 26 heavy (non-hydrogen) atoms. The number of hydrogen-bond acceptors (Lipinski definition) is 3. The molecule has 0 aliphatic heterocycles. The third-order valence-electron chi connectivity index (χ3n) is 3.55. The number of ether oxygens (including phenoxy) is 1. The van der Waals surface area contributed by atoms with E-state index in [0.717, 1.165) is 22.7 Å². The van der Waals surface area contributed by atoms with Crippen molar-refractivity contribution >= 4 is 51.9 Å². The van der Waals surface area contributed by atoms with Crippen LogP contribution in [0.2, 0.25) is 10.0 Å². The molecule has 0 radical (unpaired) electrons. The summed E-state index contributed by atoms with van der Waals surface area (Å²) >= 11 is 17.3. The Balaban J connectivity index is 1.60. The molecule has 3 aromatic rings. The highest BCUT2D eigenvalue weighted by Crippen LogP contribution is 2.23. The van der Waals surface area contributed by atoms with Crippen LogP contribution in [0.1, 0.15) is 5.56 Å². The largest absolute Gasteiger partial charge is 0.497 e. The molecule has 1 heterocycles. The molecule has 0 atom stereocenters. The standard InChI is InChI=1S/C18H16Cl2N4OS/c1-25-15-4-2-3-13(8-15)22-18(26)23-14-9-21-24(11-14)10-12-5-6-16(19)17(20)7-12/h2-9,11H,10H2,1H3,(H2,22,23,26). The van der Waals surface area contributed by atoms with E-state index in [0.29, 0.717) is 21.7 Å². The molecule has 0 saturated heterocycles. The lowest BCUT2D eigenvalue weighted by Gasteiger charge is -2.10. The van der Waals surface area contributed by atoms with Gasteiger partial charge in [0.1, 0.15) is 5.75 Å². The van der Waals surface area contributed by atoms with E-state index in [1.54, 1.807) is 24.1 Å². The number of rotatable bonds is 5. The monoisotopic (exact) mass is 406 g/mol. The van der Waals surface area contributed by atoms with Crippen LogP contribution in [0, 0.1) is 0 Å². The fourth-order valence-electron chi connectivity index (χ4n) is 2.33. The van der Waals surface area contributed by atoms with Crippen LogP contribution < -0.4 is 15.4 Å². The number of thiocarbonyl (C=S) groups is 1. The van der Waals surface area contributed by atoms with Crippen molar-refractivity contribution in [3.63, 3.8) is 0 Å². The zero-order chi connectivity index (χ0) is 18.5. The number of nitrogens with one attached hydrogen (secondary N) is 2. The van der Waals surface area contributed by atoms with Crippen molar-refractivity contribution in [3.05, 3.63) is 70.5 Å². The molecule has 0 fully saturated rings. The van der Waals surface area contributed by atoms with Gasteiger partial charge in [0.25, 0.3) is 0 Å². The van der Waals surface area contributed by atoms with E-state index in [-0.39, 0.29) is 0 Å². The van der Waals surface area contributed by atoms with E-state index in [1.807, 2.05) is 42.6 Å². The molecule has 134 valence electrons. The van der Waals surface area contributed by atoms with Gasteiger partial charge in [0, 0.05) is 18.0 Å². The number of halogens is 2. The van der Waals surface area contributed by atoms with Crippen LogP contribution in [-0.4, -0.2) is 22.0 Å². The summed E-state index contributed by atoms with van der Waals surface area (Å²) in [5.74, 6) is 0.757. The topological polar surface area (TPSA) is 51.1 Å². The molecule has 0 saturated carbocycles.